The first-order valence-corrected chi connectivity index (χ1v) is 7.12. The van der Waals surface area contributed by atoms with Gasteiger partial charge in [0, 0.05) is 12.2 Å². The summed E-state index contributed by atoms with van der Waals surface area (Å²) in [7, 11) is 0. The third kappa shape index (κ3) is 3.54. The van der Waals surface area contributed by atoms with Crippen molar-refractivity contribution >= 4 is 17.7 Å². The van der Waals surface area contributed by atoms with E-state index in [1.807, 2.05) is 24.3 Å². The van der Waals surface area contributed by atoms with E-state index in [0.717, 1.165) is 11.3 Å². The molecule has 21 heavy (non-hydrogen) atoms. The van der Waals surface area contributed by atoms with Crippen molar-refractivity contribution < 1.29 is 14.7 Å². The number of anilines is 1. The normalized spacial score (nSPS) is 16.1. The predicted octanol–water partition coefficient (Wildman–Crippen LogP) is 2.97. The lowest BCUT2D eigenvalue weighted by Gasteiger charge is -2.23. The maximum atomic E-state index is 12.0. The van der Waals surface area contributed by atoms with Crippen LogP contribution >= 0.6 is 0 Å². The molecule has 0 heterocycles. The van der Waals surface area contributed by atoms with Crippen LogP contribution in [0.2, 0.25) is 0 Å². The van der Waals surface area contributed by atoms with Crippen molar-refractivity contribution in [2.24, 2.45) is 5.41 Å². The number of para-hydroxylation sites is 1. The summed E-state index contributed by atoms with van der Waals surface area (Å²) in [5.74, 6) is -0.835. The van der Waals surface area contributed by atoms with Gasteiger partial charge in [-0.1, -0.05) is 39.0 Å². The second-order valence-corrected chi connectivity index (χ2v) is 6.69. The van der Waals surface area contributed by atoms with Gasteiger partial charge in [0.2, 0.25) is 0 Å². The molecule has 114 valence electrons. The molecular formula is C16H22N2O3. The summed E-state index contributed by atoms with van der Waals surface area (Å²) in [6.07, 6.45) is 1.25. The minimum absolute atomic E-state index is 0.0807. The largest absolute Gasteiger partial charge is 0.481 e. The summed E-state index contributed by atoms with van der Waals surface area (Å²) in [4.78, 5) is 23.0. The fourth-order valence-corrected chi connectivity index (χ4v) is 2.28. The first kappa shape index (κ1) is 15.4. The Hall–Kier alpha value is -2.04. The highest BCUT2D eigenvalue weighted by molar-refractivity contribution is 5.91. The Balaban J connectivity index is 1.99. The SMILES string of the molecule is CC(C)(C)c1ccccc1NC(=O)NCC1(C(=O)O)CC1. The molecule has 0 spiro atoms. The van der Waals surface area contributed by atoms with Crippen LogP contribution in [0.1, 0.15) is 39.2 Å². The number of hydrogen-bond acceptors (Lipinski definition) is 2. The summed E-state index contributed by atoms with van der Waals surface area (Å²) < 4.78 is 0. The fraction of sp³-hybridized carbons (Fsp3) is 0.500. The smallest absolute Gasteiger partial charge is 0.319 e. The van der Waals surface area contributed by atoms with Crippen molar-refractivity contribution in [1.29, 1.82) is 0 Å². The second kappa shape index (κ2) is 5.39. The monoisotopic (exact) mass is 290 g/mol. The number of urea groups is 1. The molecule has 1 aromatic carbocycles. The summed E-state index contributed by atoms with van der Waals surface area (Å²) in [6.45, 7) is 6.41. The standard InChI is InChI=1S/C16H22N2O3/c1-15(2,3)11-6-4-5-7-12(11)18-14(21)17-10-16(8-9-16)13(19)20/h4-7H,8-10H2,1-3H3,(H,19,20)(H2,17,18,21). The molecule has 5 heteroatoms. The van der Waals surface area contributed by atoms with Gasteiger partial charge < -0.3 is 15.7 Å². The number of carbonyl (C=O) groups excluding carboxylic acids is 1. The number of carboxylic acids is 1. The molecule has 0 aliphatic heterocycles. The van der Waals surface area contributed by atoms with E-state index in [2.05, 4.69) is 31.4 Å². The lowest BCUT2D eigenvalue weighted by Crippen LogP contribution is -2.37. The van der Waals surface area contributed by atoms with Gasteiger partial charge in [0.05, 0.1) is 5.41 Å². The zero-order valence-electron chi connectivity index (χ0n) is 12.7. The number of rotatable bonds is 4. The van der Waals surface area contributed by atoms with E-state index in [-0.39, 0.29) is 18.0 Å². The van der Waals surface area contributed by atoms with Crippen molar-refractivity contribution in [1.82, 2.24) is 5.32 Å². The first-order valence-electron chi connectivity index (χ1n) is 7.12. The van der Waals surface area contributed by atoms with Gasteiger partial charge in [0.1, 0.15) is 0 Å². The predicted molar refractivity (Wildman–Crippen MR) is 81.5 cm³/mol. The van der Waals surface area contributed by atoms with E-state index in [9.17, 15) is 9.59 Å². The Morgan fingerprint density at radius 1 is 1.24 bits per heavy atom. The molecule has 0 unspecified atom stereocenters. The van der Waals surface area contributed by atoms with Crippen molar-refractivity contribution in [3.8, 4) is 0 Å². The Morgan fingerprint density at radius 3 is 2.38 bits per heavy atom. The average Bonchev–Trinajstić information content (AvgIpc) is 3.17. The van der Waals surface area contributed by atoms with E-state index in [4.69, 9.17) is 5.11 Å². The number of carbonyl (C=O) groups is 2. The van der Waals surface area contributed by atoms with Crippen LogP contribution in [-0.2, 0) is 10.2 Å². The van der Waals surface area contributed by atoms with Crippen LogP contribution in [0.5, 0.6) is 0 Å². The highest BCUT2D eigenvalue weighted by atomic mass is 16.4. The van der Waals surface area contributed by atoms with Gasteiger partial charge in [-0.05, 0) is 29.9 Å². The van der Waals surface area contributed by atoms with Gasteiger partial charge in [-0.15, -0.1) is 0 Å². The number of amides is 2. The summed E-state index contributed by atoms with van der Waals surface area (Å²) in [6, 6.07) is 7.27. The van der Waals surface area contributed by atoms with Crippen LogP contribution < -0.4 is 10.6 Å². The molecule has 3 N–H and O–H groups in total. The van der Waals surface area contributed by atoms with Crippen LogP contribution in [-0.4, -0.2) is 23.7 Å². The molecule has 1 aliphatic carbocycles. The lowest BCUT2D eigenvalue weighted by molar-refractivity contribution is -0.143. The molecule has 1 aromatic rings. The van der Waals surface area contributed by atoms with E-state index in [1.165, 1.54) is 0 Å². The van der Waals surface area contributed by atoms with E-state index in [1.54, 1.807) is 0 Å². The van der Waals surface area contributed by atoms with Gasteiger partial charge in [0.25, 0.3) is 0 Å². The molecule has 1 fully saturated rings. The van der Waals surface area contributed by atoms with E-state index >= 15 is 0 Å². The zero-order valence-corrected chi connectivity index (χ0v) is 12.7. The van der Waals surface area contributed by atoms with Crippen LogP contribution in [0.3, 0.4) is 0 Å². The number of benzene rings is 1. The molecule has 2 rings (SSSR count). The van der Waals surface area contributed by atoms with Gasteiger partial charge in [-0.2, -0.15) is 0 Å². The Labute approximate surface area is 124 Å². The third-order valence-corrected chi connectivity index (χ3v) is 3.88. The van der Waals surface area contributed by atoms with Gasteiger partial charge in [-0.25, -0.2) is 4.79 Å². The Morgan fingerprint density at radius 2 is 1.86 bits per heavy atom. The number of nitrogens with one attached hydrogen (secondary N) is 2. The maximum absolute atomic E-state index is 12.0. The number of carboxylic acid groups (broad SMARTS) is 1. The van der Waals surface area contributed by atoms with Gasteiger partial charge >= 0.3 is 12.0 Å². The first-order chi connectivity index (χ1) is 9.74. The number of hydrogen-bond donors (Lipinski definition) is 3. The van der Waals surface area contributed by atoms with Crippen molar-refractivity contribution in [3.63, 3.8) is 0 Å². The minimum Gasteiger partial charge on any atom is -0.481 e. The average molecular weight is 290 g/mol. The molecule has 2 amide bonds. The third-order valence-electron chi connectivity index (χ3n) is 3.88. The summed E-state index contributed by atoms with van der Waals surface area (Å²) >= 11 is 0. The lowest BCUT2D eigenvalue weighted by atomic mass is 9.86. The summed E-state index contributed by atoms with van der Waals surface area (Å²) in [5.41, 5.74) is 0.964. The quantitative estimate of drug-likeness (QED) is 0.797. The molecule has 0 bridgehead atoms. The molecule has 0 saturated heterocycles. The second-order valence-electron chi connectivity index (χ2n) is 6.69. The van der Waals surface area contributed by atoms with Gasteiger partial charge in [0.15, 0.2) is 0 Å². The minimum atomic E-state index is -0.835. The molecule has 1 saturated carbocycles. The van der Waals surface area contributed by atoms with Crippen molar-refractivity contribution in [3.05, 3.63) is 29.8 Å². The highest BCUT2D eigenvalue weighted by Crippen LogP contribution is 2.45. The Kier molecular flexibility index (Phi) is 3.94. The topological polar surface area (TPSA) is 78.4 Å². The molecule has 0 atom stereocenters. The van der Waals surface area contributed by atoms with Crippen LogP contribution in [0, 0.1) is 5.41 Å². The van der Waals surface area contributed by atoms with Crippen LogP contribution in [0.15, 0.2) is 24.3 Å². The van der Waals surface area contributed by atoms with E-state index < -0.39 is 11.4 Å². The molecule has 5 nitrogen and oxygen atoms in total. The fourth-order valence-electron chi connectivity index (χ4n) is 2.28. The van der Waals surface area contributed by atoms with Crippen LogP contribution in [0.4, 0.5) is 10.5 Å². The Bertz CT molecular complexity index is 557. The molecular weight excluding hydrogens is 268 g/mol. The number of aliphatic carboxylic acids is 1. The zero-order chi connectivity index (χ0) is 15.7. The maximum Gasteiger partial charge on any atom is 0.319 e. The van der Waals surface area contributed by atoms with Crippen LogP contribution in [0.25, 0.3) is 0 Å². The highest BCUT2D eigenvalue weighted by Gasteiger charge is 2.50. The molecule has 0 aromatic heterocycles. The van der Waals surface area contributed by atoms with Gasteiger partial charge in [-0.3, -0.25) is 4.79 Å². The van der Waals surface area contributed by atoms with Crippen molar-refractivity contribution in [2.45, 2.75) is 39.0 Å². The molecule has 0 radical (unpaired) electrons. The van der Waals surface area contributed by atoms with Crippen molar-refractivity contribution in [2.75, 3.05) is 11.9 Å². The summed E-state index contributed by atoms with van der Waals surface area (Å²) in [5, 5.41) is 14.6. The van der Waals surface area contributed by atoms with E-state index in [0.29, 0.717) is 12.8 Å². The molecule has 1 aliphatic rings.